The van der Waals surface area contributed by atoms with Crippen molar-refractivity contribution < 1.29 is 14.3 Å². The van der Waals surface area contributed by atoms with Crippen LogP contribution < -0.4 is 20.1 Å². The summed E-state index contributed by atoms with van der Waals surface area (Å²) in [6, 6.07) is 7.10. The third-order valence-corrected chi connectivity index (χ3v) is 3.78. The van der Waals surface area contributed by atoms with Crippen molar-refractivity contribution in [2.45, 2.75) is 25.3 Å². The molecule has 7 nitrogen and oxygen atoms in total. The highest BCUT2D eigenvalue weighted by Gasteiger charge is 2.25. The van der Waals surface area contributed by atoms with Gasteiger partial charge in [0.05, 0.1) is 14.2 Å². The summed E-state index contributed by atoms with van der Waals surface area (Å²) in [6.45, 7) is 0.326. The molecule has 3 N–H and O–H groups in total. The molecule has 0 spiro atoms. The molecular formula is C16H20N4O3. The first kappa shape index (κ1) is 15.2. The quantitative estimate of drug-likeness (QED) is 0.764. The number of aromatic amines is 1. The van der Waals surface area contributed by atoms with E-state index >= 15 is 0 Å². The predicted molar refractivity (Wildman–Crippen MR) is 86.0 cm³/mol. The molecule has 0 unspecified atom stereocenters. The molecule has 1 heterocycles. The van der Waals surface area contributed by atoms with Crippen LogP contribution in [0.2, 0.25) is 0 Å². The van der Waals surface area contributed by atoms with Gasteiger partial charge in [0, 0.05) is 29.8 Å². The van der Waals surface area contributed by atoms with Crippen molar-refractivity contribution >= 4 is 11.8 Å². The normalized spacial score (nSPS) is 13.5. The number of H-pyrrole nitrogens is 1. The Labute approximate surface area is 134 Å². The molecular weight excluding hydrogens is 296 g/mol. The molecule has 1 aromatic carbocycles. The number of aromatic nitrogens is 2. The standard InChI is InChI=1S/C16H20N4O3/c1-22-13-5-3-4-11(15(13)23-2)9-17-16(21)18-14-8-12(19-20-14)10-6-7-10/h3-5,8,10H,6-7,9H2,1-2H3,(H3,17,18,19,20,21). The van der Waals surface area contributed by atoms with Crippen LogP contribution in [-0.4, -0.2) is 30.4 Å². The van der Waals surface area contributed by atoms with Crippen LogP contribution in [0.5, 0.6) is 11.5 Å². The zero-order chi connectivity index (χ0) is 16.2. The average Bonchev–Trinajstić information content (AvgIpc) is 3.32. The number of benzene rings is 1. The minimum atomic E-state index is -0.316. The van der Waals surface area contributed by atoms with Crippen LogP contribution in [0, 0.1) is 0 Å². The lowest BCUT2D eigenvalue weighted by Gasteiger charge is -2.13. The number of hydrogen-bond acceptors (Lipinski definition) is 4. The number of rotatable bonds is 6. The smallest absolute Gasteiger partial charge is 0.320 e. The molecule has 0 aliphatic heterocycles. The maximum absolute atomic E-state index is 12.0. The summed E-state index contributed by atoms with van der Waals surface area (Å²) < 4.78 is 10.6. The van der Waals surface area contributed by atoms with Crippen LogP contribution in [0.4, 0.5) is 10.6 Å². The number of para-hydroxylation sites is 1. The first-order valence-electron chi connectivity index (χ1n) is 7.51. The van der Waals surface area contributed by atoms with Crippen molar-refractivity contribution in [2.75, 3.05) is 19.5 Å². The van der Waals surface area contributed by atoms with Crippen molar-refractivity contribution in [3.63, 3.8) is 0 Å². The number of nitrogens with zero attached hydrogens (tertiary/aromatic N) is 1. The van der Waals surface area contributed by atoms with E-state index in [9.17, 15) is 4.79 Å². The Kier molecular flexibility index (Phi) is 4.36. The first-order chi connectivity index (χ1) is 11.2. The van der Waals surface area contributed by atoms with Crippen LogP contribution in [-0.2, 0) is 6.54 Å². The van der Waals surface area contributed by atoms with Crippen LogP contribution in [0.1, 0.15) is 30.0 Å². The molecule has 0 bridgehead atoms. The van der Waals surface area contributed by atoms with Gasteiger partial charge in [0.25, 0.3) is 0 Å². The molecule has 2 aromatic rings. The van der Waals surface area contributed by atoms with Gasteiger partial charge in [0.15, 0.2) is 17.3 Å². The number of urea groups is 1. The van der Waals surface area contributed by atoms with Crippen LogP contribution >= 0.6 is 0 Å². The highest BCUT2D eigenvalue weighted by Crippen LogP contribution is 2.39. The van der Waals surface area contributed by atoms with Gasteiger partial charge in [-0.25, -0.2) is 4.79 Å². The van der Waals surface area contributed by atoms with Crippen molar-refractivity contribution in [3.8, 4) is 11.5 Å². The zero-order valence-electron chi connectivity index (χ0n) is 13.2. The second kappa shape index (κ2) is 6.60. The summed E-state index contributed by atoms with van der Waals surface area (Å²) in [5.41, 5.74) is 1.91. The fourth-order valence-electron chi connectivity index (χ4n) is 2.43. The molecule has 1 aliphatic carbocycles. The fraction of sp³-hybridized carbons (Fsp3) is 0.375. The number of anilines is 1. The third kappa shape index (κ3) is 3.56. The van der Waals surface area contributed by atoms with Gasteiger partial charge in [-0.2, -0.15) is 5.10 Å². The van der Waals surface area contributed by atoms with Gasteiger partial charge in [-0.3, -0.25) is 10.4 Å². The van der Waals surface area contributed by atoms with E-state index < -0.39 is 0 Å². The van der Waals surface area contributed by atoms with Crippen molar-refractivity contribution in [3.05, 3.63) is 35.5 Å². The molecule has 0 atom stereocenters. The molecule has 1 saturated carbocycles. The van der Waals surface area contributed by atoms with Gasteiger partial charge in [-0.1, -0.05) is 12.1 Å². The Bertz CT molecular complexity index is 694. The summed E-state index contributed by atoms with van der Waals surface area (Å²) in [6.07, 6.45) is 2.37. The highest BCUT2D eigenvalue weighted by atomic mass is 16.5. The lowest BCUT2D eigenvalue weighted by atomic mass is 10.2. The Morgan fingerprint density at radius 2 is 2.17 bits per heavy atom. The van der Waals surface area contributed by atoms with E-state index in [0.717, 1.165) is 11.3 Å². The predicted octanol–water partition coefficient (Wildman–Crippen LogP) is 2.63. The number of hydrogen-bond donors (Lipinski definition) is 3. The van der Waals surface area contributed by atoms with E-state index in [2.05, 4.69) is 20.8 Å². The van der Waals surface area contributed by atoms with Crippen LogP contribution in [0.3, 0.4) is 0 Å². The number of nitrogens with one attached hydrogen (secondary N) is 3. The topological polar surface area (TPSA) is 88.3 Å². The molecule has 1 aliphatic rings. The molecule has 23 heavy (non-hydrogen) atoms. The van der Waals surface area contributed by atoms with E-state index in [1.807, 2.05) is 24.3 Å². The number of methoxy groups -OCH3 is 2. The SMILES string of the molecule is COc1cccc(CNC(=O)Nc2cc(C3CC3)[nH]n2)c1OC. The third-order valence-electron chi connectivity index (χ3n) is 3.78. The maximum atomic E-state index is 12.0. The second-order valence-corrected chi connectivity index (χ2v) is 5.44. The molecule has 7 heteroatoms. The largest absolute Gasteiger partial charge is 0.493 e. The Morgan fingerprint density at radius 3 is 2.87 bits per heavy atom. The van der Waals surface area contributed by atoms with E-state index in [4.69, 9.17) is 9.47 Å². The second-order valence-electron chi connectivity index (χ2n) is 5.44. The lowest BCUT2D eigenvalue weighted by molar-refractivity contribution is 0.251. The van der Waals surface area contributed by atoms with Gasteiger partial charge in [-0.05, 0) is 18.9 Å². The summed E-state index contributed by atoms with van der Waals surface area (Å²) in [5.74, 6) is 2.35. The minimum Gasteiger partial charge on any atom is -0.493 e. The molecule has 2 amide bonds. The van der Waals surface area contributed by atoms with E-state index in [1.54, 1.807) is 14.2 Å². The number of carbonyl (C=O) groups is 1. The maximum Gasteiger partial charge on any atom is 0.320 e. The molecule has 3 rings (SSSR count). The van der Waals surface area contributed by atoms with Gasteiger partial charge in [0.2, 0.25) is 0 Å². The minimum absolute atomic E-state index is 0.316. The molecule has 0 saturated heterocycles. The molecule has 1 aromatic heterocycles. The molecule has 0 radical (unpaired) electrons. The monoisotopic (exact) mass is 316 g/mol. The molecule has 1 fully saturated rings. The fourth-order valence-corrected chi connectivity index (χ4v) is 2.43. The Balaban J connectivity index is 1.58. The van der Waals surface area contributed by atoms with E-state index in [-0.39, 0.29) is 6.03 Å². The van der Waals surface area contributed by atoms with E-state index in [0.29, 0.717) is 29.8 Å². The van der Waals surface area contributed by atoms with Crippen molar-refractivity contribution in [1.82, 2.24) is 15.5 Å². The summed E-state index contributed by atoms with van der Waals surface area (Å²) in [7, 11) is 3.15. The summed E-state index contributed by atoms with van der Waals surface area (Å²) >= 11 is 0. The van der Waals surface area contributed by atoms with Crippen LogP contribution in [0.15, 0.2) is 24.3 Å². The lowest BCUT2D eigenvalue weighted by Crippen LogP contribution is -2.28. The van der Waals surface area contributed by atoms with Gasteiger partial charge < -0.3 is 14.8 Å². The first-order valence-corrected chi connectivity index (χ1v) is 7.51. The van der Waals surface area contributed by atoms with Gasteiger partial charge in [0.1, 0.15) is 0 Å². The Hall–Kier alpha value is -2.70. The van der Waals surface area contributed by atoms with Gasteiger partial charge >= 0.3 is 6.03 Å². The average molecular weight is 316 g/mol. The van der Waals surface area contributed by atoms with Crippen molar-refractivity contribution in [2.24, 2.45) is 0 Å². The number of ether oxygens (including phenoxy) is 2. The Morgan fingerprint density at radius 1 is 1.35 bits per heavy atom. The van der Waals surface area contributed by atoms with Crippen LogP contribution in [0.25, 0.3) is 0 Å². The van der Waals surface area contributed by atoms with E-state index in [1.165, 1.54) is 12.8 Å². The summed E-state index contributed by atoms with van der Waals surface area (Å²) in [4.78, 5) is 12.0. The highest BCUT2D eigenvalue weighted by molar-refractivity contribution is 5.88. The molecule has 122 valence electrons. The number of carbonyl (C=O) groups excluding carboxylic acids is 1. The van der Waals surface area contributed by atoms with Gasteiger partial charge in [-0.15, -0.1) is 0 Å². The van der Waals surface area contributed by atoms with Crippen molar-refractivity contribution in [1.29, 1.82) is 0 Å². The zero-order valence-corrected chi connectivity index (χ0v) is 13.2. The number of amides is 2. The summed E-state index contributed by atoms with van der Waals surface area (Å²) in [5, 5.41) is 12.5.